The van der Waals surface area contributed by atoms with E-state index >= 15 is 0 Å². The van der Waals surface area contributed by atoms with Crippen LogP contribution in [0.4, 0.5) is 0 Å². The van der Waals surface area contributed by atoms with Crippen molar-refractivity contribution in [2.75, 3.05) is 0 Å². The number of carboxylic acid groups (broad SMARTS) is 1. The van der Waals surface area contributed by atoms with Gasteiger partial charge in [0.05, 0.1) is 11.3 Å². The summed E-state index contributed by atoms with van der Waals surface area (Å²) in [6, 6.07) is 2.84. The molecule has 1 heterocycles. The van der Waals surface area contributed by atoms with Gasteiger partial charge in [0.2, 0.25) is 0 Å². The maximum absolute atomic E-state index is 10.7. The molecule has 1 saturated carbocycles. The van der Waals surface area contributed by atoms with Crippen molar-refractivity contribution in [3.8, 4) is 0 Å². The van der Waals surface area contributed by atoms with E-state index in [0.717, 1.165) is 12.8 Å². The van der Waals surface area contributed by atoms with Crippen molar-refractivity contribution in [1.82, 2.24) is 4.98 Å². The summed E-state index contributed by atoms with van der Waals surface area (Å²) >= 11 is 0. The predicted octanol–water partition coefficient (Wildman–Crippen LogP) is 1.37. The summed E-state index contributed by atoms with van der Waals surface area (Å²) < 4.78 is 0. The summed E-state index contributed by atoms with van der Waals surface area (Å²) in [6.45, 7) is 0. The lowest BCUT2D eigenvalue weighted by atomic mass is 10.1. The highest BCUT2D eigenvalue weighted by Crippen LogP contribution is 2.32. The van der Waals surface area contributed by atoms with Gasteiger partial charge in [-0.05, 0) is 25.0 Å². The van der Waals surface area contributed by atoms with Gasteiger partial charge in [-0.2, -0.15) is 0 Å². The zero-order chi connectivity index (χ0) is 10.8. The summed E-state index contributed by atoms with van der Waals surface area (Å²) in [7, 11) is 0. The first-order chi connectivity index (χ1) is 7.22. The largest absolute Gasteiger partial charge is 0.478 e. The molecule has 15 heavy (non-hydrogen) atoms. The van der Waals surface area contributed by atoms with Gasteiger partial charge in [-0.15, -0.1) is 0 Å². The molecule has 2 rings (SSSR count). The number of aromatic nitrogens is 1. The smallest absolute Gasteiger partial charge is 0.335 e. The van der Waals surface area contributed by atoms with Crippen LogP contribution in [0.1, 0.15) is 28.9 Å². The summed E-state index contributed by atoms with van der Waals surface area (Å²) in [6.07, 6.45) is 3.35. The molecule has 1 fully saturated rings. The van der Waals surface area contributed by atoms with Crippen LogP contribution < -0.4 is 0 Å². The Bertz CT molecular complexity index is 424. The van der Waals surface area contributed by atoms with Gasteiger partial charge in [0, 0.05) is 12.1 Å². The van der Waals surface area contributed by atoms with Gasteiger partial charge in [0.1, 0.15) is 5.71 Å². The summed E-state index contributed by atoms with van der Waals surface area (Å²) in [5.74, 6) is -0.779. The fraction of sp³-hybridized carbons (Fsp3) is 0.300. The maximum atomic E-state index is 10.7. The number of carbonyl (C=O) groups is 1. The second-order valence-corrected chi connectivity index (χ2v) is 3.49. The molecule has 0 saturated heterocycles. The van der Waals surface area contributed by atoms with Crippen LogP contribution in [0.15, 0.2) is 23.5 Å². The molecule has 78 valence electrons. The summed E-state index contributed by atoms with van der Waals surface area (Å²) in [4.78, 5) is 14.7. The Labute approximate surface area is 86.1 Å². The Kier molecular flexibility index (Phi) is 2.37. The molecular formula is C10H10N2O3. The Morgan fingerprint density at radius 1 is 1.53 bits per heavy atom. The van der Waals surface area contributed by atoms with Crippen molar-refractivity contribution in [3.05, 3.63) is 29.6 Å². The first kappa shape index (κ1) is 9.64. The molecule has 5 heteroatoms. The quantitative estimate of drug-likeness (QED) is 0.444. The highest BCUT2D eigenvalue weighted by atomic mass is 16.4. The maximum Gasteiger partial charge on any atom is 0.335 e. The standard InChI is InChI=1S/C10H10N2O3/c13-10(14)7-3-4-11-8(5-7)9(12-15)6-1-2-6/h3-6,15H,1-2H2,(H,13,14)/b12-9-. The average molecular weight is 206 g/mol. The lowest BCUT2D eigenvalue weighted by Crippen LogP contribution is -2.08. The molecule has 0 unspecified atom stereocenters. The van der Waals surface area contributed by atoms with Crippen LogP contribution in [0.3, 0.4) is 0 Å². The van der Waals surface area contributed by atoms with Gasteiger partial charge < -0.3 is 10.3 Å². The number of nitrogens with zero attached hydrogens (tertiary/aromatic N) is 2. The van der Waals surface area contributed by atoms with E-state index < -0.39 is 5.97 Å². The van der Waals surface area contributed by atoms with Crippen LogP contribution in [-0.4, -0.2) is 27.0 Å². The lowest BCUT2D eigenvalue weighted by molar-refractivity contribution is 0.0696. The number of oxime groups is 1. The fourth-order valence-corrected chi connectivity index (χ4v) is 1.40. The third-order valence-electron chi connectivity index (χ3n) is 2.34. The van der Waals surface area contributed by atoms with E-state index in [2.05, 4.69) is 10.1 Å². The molecule has 0 aliphatic heterocycles. The van der Waals surface area contributed by atoms with Crippen molar-refractivity contribution >= 4 is 11.7 Å². The molecule has 1 aromatic heterocycles. The van der Waals surface area contributed by atoms with Crippen molar-refractivity contribution in [1.29, 1.82) is 0 Å². The monoisotopic (exact) mass is 206 g/mol. The molecule has 0 atom stereocenters. The molecule has 0 radical (unpaired) electrons. The van der Waals surface area contributed by atoms with Gasteiger partial charge in [-0.25, -0.2) is 4.79 Å². The first-order valence-electron chi connectivity index (χ1n) is 4.64. The highest BCUT2D eigenvalue weighted by molar-refractivity contribution is 6.03. The number of rotatable bonds is 3. The topological polar surface area (TPSA) is 82.8 Å². The van der Waals surface area contributed by atoms with Crippen LogP contribution in [0.5, 0.6) is 0 Å². The van der Waals surface area contributed by atoms with Gasteiger partial charge in [-0.1, -0.05) is 5.16 Å². The van der Waals surface area contributed by atoms with Crippen molar-refractivity contribution < 1.29 is 15.1 Å². The minimum atomic E-state index is -1.01. The predicted molar refractivity (Wildman–Crippen MR) is 52.2 cm³/mol. The number of pyridine rings is 1. The minimum absolute atomic E-state index is 0.154. The normalized spacial score (nSPS) is 16.4. The van der Waals surface area contributed by atoms with Gasteiger partial charge in [0.15, 0.2) is 0 Å². The van der Waals surface area contributed by atoms with E-state index in [4.69, 9.17) is 10.3 Å². The molecule has 0 aromatic carbocycles. The zero-order valence-corrected chi connectivity index (χ0v) is 7.92. The van der Waals surface area contributed by atoms with Crippen LogP contribution in [0.2, 0.25) is 0 Å². The SMILES string of the molecule is O=C(O)c1ccnc(/C(=N\O)C2CC2)c1. The van der Waals surface area contributed by atoms with E-state index in [1.807, 2.05) is 0 Å². The molecule has 1 aromatic rings. The minimum Gasteiger partial charge on any atom is -0.478 e. The van der Waals surface area contributed by atoms with Crippen LogP contribution in [-0.2, 0) is 0 Å². The molecule has 1 aliphatic rings. The lowest BCUT2D eigenvalue weighted by Gasteiger charge is -2.02. The van der Waals surface area contributed by atoms with Crippen molar-refractivity contribution in [2.24, 2.45) is 11.1 Å². The average Bonchev–Trinajstić information content (AvgIpc) is 3.04. The Hall–Kier alpha value is -1.91. The van der Waals surface area contributed by atoms with E-state index in [-0.39, 0.29) is 11.5 Å². The number of hydrogen-bond acceptors (Lipinski definition) is 4. The van der Waals surface area contributed by atoms with Crippen LogP contribution in [0, 0.1) is 5.92 Å². The third-order valence-corrected chi connectivity index (χ3v) is 2.34. The number of aromatic carboxylic acids is 1. The third kappa shape index (κ3) is 1.96. The molecule has 1 aliphatic carbocycles. The van der Waals surface area contributed by atoms with Gasteiger partial charge in [-0.3, -0.25) is 4.98 Å². The zero-order valence-electron chi connectivity index (χ0n) is 7.92. The van der Waals surface area contributed by atoms with Gasteiger partial charge >= 0.3 is 5.97 Å². The summed E-state index contributed by atoms with van der Waals surface area (Å²) in [5.41, 5.74) is 1.08. The number of carboxylic acids is 1. The second-order valence-electron chi connectivity index (χ2n) is 3.49. The number of hydrogen-bond donors (Lipinski definition) is 2. The first-order valence-corrected chi connectivity index (χ1v) is 4.64. The molecule has 0 amide bonds. The van der Waals surface area contributed by atoms with E-state index in [1.165, 1.54) is 18.3 Å². The molecule has 2 N–H and O–H groups in total. The van der Waals surface area contributed by atoms with E-state index in [0.29, 0.717) is 11.4 Å². The Morgan fingerprint density at radius 3 is 2.80 bits per heavy atom. The fourth-order valence-electron chi connectivity index (χ4n) is 1.40. The van der Waals surface area contributed by atoms with Crippen LogP contribution in [0.25, 0.3) is 0 Å². The van der Waals surface area contributed by atoms with E-state index in [9.17, 15) is 4.79 Å². The molecule has 0 bridgehead atoms. The Morgan fingerprint density at radius 2 is 2.27 bits per heavy atom. The molecule has 5 nitrogen and oxygen atoms in total. The Balaban J connectivity index is 2.35. The molecular weight excluding hydrogens is 196 g/mol. The van der Waals surface area contributed by atoms with Crippen molar-refractivity contribution in [2.45, 2.75) is 12.8 Å². The van der Waals surface area contributed by atoms with Crippen LogP contribution >= 0.6 is 0 Å². The van der Waals surface area contributed by atoms with Gasteiger partial charge in [0.25, 0.3) is 0 Å². The van der Waals surface area contributed by atoms with E-state index in [1.54, 1.807) is 0 Å². The molecule has 0 spiro atoms. The van der Waals surface area contributed by atoms with Crippen molar-refractivity contribution in [3.63, 3.8) is 0 Å². The highest BCUT2D eigenvalue weighted by Gasteiger charge is 2.30. The second kappa shape index (κ2) is 3.68. The summed E-state index contributed by atoms with van der Waals surface area (Å²) in [5, 5.41) is 20.8.